The van der Waals surface area contributed by atoms with E-state index in [0.29, 0.717) is 18.1 Å². The van der Waals surface area contributed by atoms with Crippen LogP contribution >= 0.6 is 0 Å². The van der Waals surface area contributed by atoms with Gasteiger partial charge in [0.15, 0.2) is 5.96 Å². The van der Waals surface area contributed by atoms with E-state index in [1.54, 1.807) is 0 Å². The van der Waals surface area contributed by atoms with Gasteiger partial charge in [0.2, 0.25) is 0 Å². The fraction of sp³-hybridized carbons (Fsp3) is 0.955. The molecular formula is C22H40N4O. The van der Waals surface area contributed by atoms with Crippen LogP contribution in [-0.2, 0) is 4.74 Å². The van der Waals surface area contributed by atoms with Gasteiger partial charge in [-0.05, 0) is 58.0 Å². The van der Waals surface area contributed by atoms with Crippen LogP contribution in [0, 0.1) is 17.3 Å². The molecule has 1 aliphatic carbocycles. The molecule has 3 saturated heterocycles. The summed E-state index contributed by atoms with van der Waals surface area (Å²) in [5, 5.41) is 3.89. The van der Waals surface area contributed by atoms with Gasteiger partial charge in [0.25, 0.3) is 0 Å². The molecule has 27 heavy (non-hydrogen) atoms. The van der Waals surface area contributed by atoms with E-state index >= 15 is 0 Å². The van der Waals surface area contributed by atoms with Gasteiger partial charge >= 0.3 is 0 Å². The molecule has 3 heterocycles. The van der Waals surface area contributed by atoms with Gasteiger partial charge in [-0.3, -0.25) is 4.99 Å². The summed E-state index contributed by atoms with van der Waals surface area (Å²) in [5.74, 6) is 2.61. The van der Waals surface area contributed by atoms with Crippen molar-refractivity contribution in [1.29, 1.82) is 0 Å². The summed E-state index contributed by atoms with van der Waals surface area (Å²) < 4.78 is 6.09. The molecule has 5 heteroatoms. The maximum atomic E-state index is 6.09. The lowest BCUT2D eigenvalue weighted by atomic mass is 9.55. The Morgan fingerprint density at radius 1 is 1.11 bits per heavy atom. The summed E-state index contributed by atoms with van der Waals surface area (Å²) in [6.45, 7) is 14.9. The zero-order valence-corrected chi connectivity index (χ0v) is 17.8. The van der Waals surface area contributed by atoms with Crippen LogP contribution in [0.15, 0.2) is 4.99 Å². The number of likely N-dealkylation sites (tertiary alicyclic amines) is 2. The van der Waals surface area contributed by atoms with Gasteiger partial charge in [0.05, 0.1) is 6.10 Å². The predicted molar refractivity (Wildman–Crippen MR) is 111 cm³/mol. The Balaban J connectivity index is 1.35. The Morgan fingerprint density at radius 3 is 2.70 bits per heavy atom. The minimum Gasteiger partial charge on any atom is -0.377 e. The molecule has 4 rings (SSSR count). The quantitative estimate of drug-likeness (QED) is 0.605. The number of nitrogens with zero attached hydrogens (tertiary/aromatic N) is 3. The third kappa shape index (κ3) is 4.00. The number of ether oxygens (including phenoxy) is 1. The second-order valence-corrected chi connectivity index (χ2v) is 9.80. The summed E-state index contributed by atoms with van der Waals surface area (Å²) in [5.41, 5.74) is 0.201. The molecule has 4 aliphatic rings. The van der Waals surface area contributed by atoms with Gasteiger partial charge in [-0.15, -0.1) is 0 Å². The molecule has 1 N–H and O–H groups in total. The fourth-order valence-electron chi connectivity index (χ4n) is 6.02. The minimum absolute atomic E-state index is 0.201. The van der Waals surface area contributed by atoms with Gasteiger partial charge in [-0.1, -0.05) is 20.3 Å². The lowest BCUT2D eigenvalue weighted by Crippen LogP contribution is -2.71. The van der Waals surface area contributed by atoms with Crippen LogP contribution in [0.5, 0.6) is 0 Å². The van der Waals surface area contributed by atoms with Crippen LogP contribution in [0.2, 0.25) is 0 Å². The van der Waals surface area contributed by atoms with Gasteiger partial charge in [0.1, 0.15) is 0 Å². The maximum absolute atomic E-state index is 6.09. The predicted octanol–water partition coefficient (Wildman–Crippen LogP) is 2.96. The molecular weight excluding hydrogens is 336 g/mol. The maximum Gasteiger partial charge on any atom is 0.194 e. The highest BCUT2D eigenvalue weighted by Crippen LogP contribution is 2.51. The lowest BCUT2D eigenvalue weighted by Gasteiger charge is -2.60. The van der Waals surface area contributed by atoms with Crippen molar-refractivity contribution in [3.63, 3.8) is 0 Å². The molecule has 0 aromatic carbocycles. The number of nitrogens with one attached hydrogen (secondary N) is 1. The van der Waals surface area contributed by atoms with E-state index in [0.717, 1.165) is 31.6 Å². The third-order valence-corrected chi connectivity index (χ3v) is 7.47. The van der Waals surface area contributed by atoms with E-state index < -0.39 is 0 Å². The highest BCUT2D eigenvalue weighted by atomic mass is 16.5. The van der Waals surface area contributed by atoms with E-state index in [-0.39, 0.29) is 5.41 Å². The first-order valence-electron chi connectivity index (χ1n) is 11.5. The Kier molecular flexibility index (Phi) is 5.98. The SMILES string of the molecule is CCN=C(NC1C2CCCOC2C1(C)C)N1CCC(CN2CCCCC2)C1. The second-order valence-electron chi connectivity index (χ2n) is 9.80. The van der Waals surface area contributed by atoms with Gasteiger partial charge in [-0.25, -0.2) is 0 Å². The molecule has 0 aromatic rings. The Morgan fingerprint density at radius 2 is 1.93 bits per heavy atom. The van der Waals surface area contributed by atoms with Crippen molar-refractivity contribution in [3.8, 4) is 0 Å². The van der Waals surface area contributed by atoms with Crippen LogP contribution in [0.1, 0.15) is 59.3 Å². The van der Waals surface area contributed by atoms with E-state index in [9.17, 15) is 0 Å². The van der Waals surface area contributed by atoms with Crippen LogP contribution in [0.3, 0.4) is 0 Å². The molecule has 4 atom stereocenters. The van der Waals surface area contributed by atoms with E-state index in [4.69, 9.17) is 9.73 Å². The van der Waals surface area contributed by atoms with E-state index in [2.05, 4.69) is 35.9 Å². The first-order valence-corrected chi connectivity index (χ1v) is 11.5. The standard InChI is InChI=1S/C22H40N4O/c1-4-23-21(24-19-18-9-8-14-27-20(18)22(19,2)3)26-13-10-17(16-26)15-25-11-6-5-7-12-25/h17-20H,4-16H2,1-3H3,(H,23,24). The normalized spacial score (nSPS) is 37.0. The Bertz CT molecular complexity index is 528. The molecule has 0 aromatic heterocycles. The molecule has 0 amide bonds. The number of hydrogen-bond acceptors (Lipinski definition) is 3. The van der Waals surface area contributed by atoms with Crippen molar-refractivity contribution >= 4 is 5.96 Å². The van der Waals surface area contributed by atoms with Gasteiger partial charge in [-0.2, -0.15) is 0 Å². The van der Waals surface area contributed by atoms with Crippen LogP contribution in [0.4, 0.5) is 0 Å². The van der Waals surface area contributed by atoms with Crippen molar-refractivity contribution in [2.75, 3.05) is 45.9 Å². The lowest BCUT2D eigenvalue weighted by molar-refractivity contribution is -0.188. The van der Waals surface area contributed by atoms with Crippen LogP contribution in [0.25, 0.3) is 0 Å². The fourth-order valence-corrected chi connectivity index (χ4v) is 6.02. The number of guanidine groups is 1. The number of aliphatic imine (C=N–C) groups is 1. The van der Waals surface area contributed by atoms with Gasteiger partial charge in [0, 0.05) is 50.2 Å². The van der Waals surface area contributed by atoms with Crippen LogP contribution in [-0.4, -0.2) is 73.8 Å². The number of piperidine rings is 1. The van der Waals surface area contributed by atoms with E-state index in [1.807, 2.05) is 0 Å². The number of rotatable bonds is 4. The van der Waals surface area contributed by atoms with Crippen LogP contribution < -0.4 is 5.32 Å². The monoisotopic (exact) mass is 376 g/mol. The van der Waals surface area contributed by atoms with Crippen molar-refractivity contribution in [3.05, 3.63) is 0 Å². The molecule has 4 fully saturated rings. The highest BCUT2D eigenvalue weighted by Gasteiger charge is 2.58. The zero-order valence-electron chi connectivity index (χ0n) is 17.8. The molecule has 0 radical (unpaired) electrons. The molecule has 3 aliphatic heterocycles. The first kappa shape index (κ1) is 19.5. The Hall–Kier alpha value is -0.810. The van der Waals surface area contributed by atoms with E-state index in [1.165, 1.54) is 64.7 Å². The zero-order chi connectivity index (χ0) is 18.9. The molecule has 0 bridgehead atoms. The summed E-state index contributed by atoms with van der Waals surface area (Å²) in [6.07, 6.45) is 8.44. The second kappa shape index (κ2) is 8.28. The number of fused-ring (bicyclic) bond motifs is 1. The summed E-state index contributed by atoms with van der Waals surface area (Å²) in [7, 11) is 0. The van der Waals surface area contributed by atoms with Crippen molar-refractivity contribution < 1.29 is 4.74 Å². The molecule has 4 unspecified atom stereocenters. The molecule has 5 nitrogen and oxygen atoms in total. The van der Waals surface area contributed by atoms with Gasteiger partial charge < -0.3 is 19.9 Å². The topological polar surface area (TPSA) is 40.1 Å². The van der Waals surface area contributed by atoms with Crippen molar-refractivity contribution in [2.45, 2.75) is 71.4 Å². The third-order valence-electron chi connectivity index (χ3n) is 7.47. The highest BCUT2D eigenvalue weighted by molar-refractivity contribution is 5.81. The molecule has 1 saturated carbocycles. The summed E-state index contributed by atoms with van der Waals surface area (Å²) in [4.78, 5) is 10.1. The smallest absolute Gasteiger partial charge is 0.194 e. The molecule has 0 spiro atoms. The summed E-state index contributed by atoms with van der Waals surface area (Å²) in [6, 6.07) is 0.495. The average molecular weight is 377 g/mol. The van der Waals surface area contributed by atoms with Crippen molar-refractivity contribution in [1.82, 2.24) is 15.1 Å². The Labute approximate surface area is 165 Å². The first-order chi connectivity index (χ1) is 13.1. The average Bonchev–Trinajstić information content (AvgIpc) is 3.14. The largest absolute Gasteiger partial charge is 0.377 e. The number of hydrogen-bond donors (Lipinski definition) is 1. The molecule has 154 valence electrons. The summed E-state index contributed by atoms with van der Waals surface area (Å²) >= 11 is 0. The minimum atomic E-state index is 0.201. The van der Waals surface area contributed by atoms with Crippen molar-refractivity contribution in [2.24, 2.45) is 22.2 Å².